The lowest BCUT2D eigenvalue weighted by Crippen LogP contribution is -2.47. The maximum atomic E-state index is 14.0. The molecule has 1 atom stereocenters. The van der Waals surface area contributed by atoms with Gasteiger partial charge in [0.1, 0.15) is 0 Å². The largest absolute Gasteiger partial charge is 0.511 e. The highest BCUT2D eigenvalue weighted by atomic mass is 32.2. The Balaban J connectivity index is 1.88. The average Bonchev–Trinajstić information content (AvgIpc) is 3.01. The van der Waals surface area contributed by atoms with E-state index in [-0.39, 0.29) is 40.8 Å². The van der Waals surface area contributed by atoms with Crippen molar-refractivity contribution in [2.75, 3.05) is 17.2 Å². The summed E-state index contributed by atoms with van der Waals surface area (Å²) in [7, 11) is -6.00. The zero-order valence-electron chi connectivity index (χ0n) is 20.2. The van der Waals surface area contributed by atoms with Crippen LogP contribution in [0.15, 0.2) is 60.8 Å². The monoisotopic (exact) mass is 576 g/mol. The highest BCUT2D eigenvalue weighted by molar-refractivity contribution is 7.89. The van der Waals surface area contributed by atoms with Crippen LogP contribution < -0.4 is 10.6 Å². The average molecular weight is 577 g/mol. The molecule has 0 unspecified atom stereocenters. The van der Waals surface area contributed by atoms with Gasteiger partial charge in [0.25, 0.3) is 0 Å². The topological polar surface area (TPSA) is 79.5 Å². The summed E-state index contributed by atoms with van der Waals surface area (Å²) >= 11 is 0. The summed E-state index contributed by atoms with van der Waals surface area (Å²) in [4.78, 5) is 5.32. The van der Waals surface area contributed by atoms with E-state index < -0.39 is 57.8 Å². The van der Waals surface area contributed by atoms with Crippen LogP contribution >= 0.6 is 0 Å². The molecule has 2 aromatic carbocycles. The van der Waals surface area contributed by atoms with Gasteiger partial charge in [-0.05, 0) is 36.6 Å². The zero-order valence-corrected chi connectivity index (χ0v) is 21.0. The van der Waals surface area contributed by atoms with E-state index in [4.69, 9.17) is 5.73 Å². The first-order chi connectivity index (χ1) is 18.2. The van der Waals surface area contributed by atoms with Gasteiger partial charge < -0.3 is 10.6 Å². The molecule has 0 fully saturated rings. The van der Waals surface area contributed by atoms with Gasteiger partial charge in [-0.2, -0.15) is 30.6 Å². The van der Waals surface area contributed by atoms with Crippen LogP contribution in [0.4, 0.5) is 42.1 Å². The van der Waals surface area contributed by atoms with Crippen LogP contribution in [0.5, 0.6) is 0 Å². The van der Waals surface area contributed by atoms with Gasteiger partial charge in [0, 0.05) is 30.4 Å². The number of pyridine rings is 1. The smallest absolute Gasteiger partial charge is 0.396 e. The van der Waals surface area contributed by atoms with Crippen LogP contribution in [-0.4, -0.2) is 35.8 Å². The minimum atomic E-state index is -6.00. The number of aromatic nitrogens is 1. The fourth-order valence-electron chi connectivity index (χ4n) is 4.58. The number of sulfonamides is 1. The molecule has 0 saturated carbocycles. The summed E-state index contributed by atoms with van der Waals surface area (Å²) in [6, 6.07) is 12.0. The van der Waals surface area contributed by atoms with E-state index in [9.17, 15) is 39.2 Å². The van der Waals surface area contributed by atoms with Crippen LogP contribution in [0, 0.1) is 5.82 Å². The Morgan fingerprint density at radius 1 is 1.00 bits per heavy atom. The molecular weight excluding hydrogens is 553 g/mol. The van der Waals surface area contributed by atoms with Crippen molar-refractivity contribution in [2.45, 2.75) is 43.7 Å². The molecule has 1 aliphatic rings. The number of nitrogen functional groups attached to an aromatic ring is 1. The summed E-state index contributed by atoms with van der Waals surface area (Å²) in [5, 5.41) is 0. The Morgan fingerprint density at radius 2 is 1.69 bits per heavy atom. The fraction of sp³-hybridized carbons (Fsp3) is 0.320. The number of aryl methyl sites for hydroxylation is 1. The van der Waals surface area contributed by atoms with E-state index >= 15 is 0 Å². The Labute approximate surface area is 219 Å². The molecule has 2 N–H and O–H groups in total. The molecule has 0 bridgehead atoms. The van der Waals surface area contributed by atoms with Gasteiger partial charge in [-0.25, -0.2) is 12.8 Å². The van der Waals surface area contributed by atoms with Gasteiger partial charge in [-0.1, -0.05) is 36.4 Å². The van der Waals surface area contributed by atoms with Crippen LogP contribution in [0.3, 0.4) is 0 Å². The van der Waals surface area contributed by atoms with E-state index in [2.05, 4.69) is 4.98 Å². The number of fused-ring (bicyclic) bond motifs is 1. The molecule has 1 aliphatic heterocycles. The molecule has 0 radical (unpaired) electrons. The molecule has 0 saturated heterocycles. The highest BCUT2D eigenvalue weighted by Crippen LogP contribution is 2.42. The molecule has 0 spiro atoms. The SMILES string of the molecule is Nc1cc(CN2c3cccc(C(F)(F)F)c3CN(S(=O)(=O)C(F)(F)F)C[C@H]2CCc2ccccc2)ncc1F. The zero-order chi connectivity index (χ0) is 28.6. The number of alkyl halides is 6. The third kappa shape index (κ3) is 6.11. The molecule has 14 heteroatoms. The third-order valence-electron chi connectivity index (χ3n) is 6.47. The first-order valence-electron chi connectivity index (χ1n) is 11.6. The predicted octanol–water partition coefficient (Wildman–Crippen LogP) is 5.49. The summed E-state index contributed by atoms with van der Waals surface area (Å²) < 4.78 is 122. The fourth-order valence-corrected chi connectivity index (χ4v) is 5.54. The number of nitrogens with zero attached hydrogens (tertiary/aromatic N) is 3. The van der Waals surface area contributed by atoms with Gasteiger partial charge in [0.05, 0.1) is 29.7 Å². The molecule has 2 heterocycles. The Morgan fingerprint density at radius 3 is 2.31 bits per heavy atom. The minimum absolute atomic E-state index is 0.0448. The normalized spacial score (nSPS) is 17.1. The van der Waals surface area contributed by atoms with Gasteiger partial charge in [0.15, 0.2) is 5.82 Å². The van der Waals surface area contributed by atoms with Crippen molar-refractivity contribution in [1.29, 1.82) is 0 Å². The molecule has 210 valence electrons. The second-order valence-corrected chi connectivity index (χ2v) is 11.0. The Bertz CT molecular complexity index is 1430. The Kier molecular flexibility index (Phi) is 7.81. The number of rotatable bonds is 6. The van der Waals surface area contributed by atoms with Gasteiger partial charge in [-0.15, -0.1) is 0 Å². The van der Waals surface area contributed by atoms with Gasteiger partial charge >= 0.3 is 21.7 Å². The molecule has 0 amide bonds. The number of hydrogen-bond donors (Lipinski definition) is 1. The molecule has 3 aromatic rings. The van der Waals surface area contributed by atoms with E-state index in [0.29, 0.717) is 6.07 Å². The highest BCUT2D eigenvalue weighted by Gasteiger charge is 2.52. The molecule has 39 heavy (non-hydrogen) atoms. The van der Waals surface area contributed by atoms with Crippen molar-refractivity contribution in [3.8, 4) is 0 Å². The maximum Gasteiger partial charge on any atom is 0.511 e. The summed E-state index contributed by atoms with van der Waals surface area (Å²) in [5.74, 6) is -0.822. The Hall–Kier alpha value is -3.39. The van der Waals surface area contributed by atoms with Crippen LogP contribution in [0.2, 0.25) is 0 Å². The van der Waals surface area contributed by atoms with E-state index in [1.807, 2.05) is 0 Å². The maximum absolute atomic E-state index is 14.0. The molecule has 6 nitrogen and oxygen atoms in total. The van der Waals surface area contributed by atoms with Crippen molar-refractivity contribution >= 4 is 21.4 Å². The van der Waals surface area contributed by atoms with Crippen LogP contribution in [0.1, 0.15) is 28.8 Å². The number of hydrogen-bond acceptors (Lipinski definition) is 5. The van der Waals surface area contributed by atoms with Gasteiger partial charge in [-0.3, -0.25) is 4.98 Å². The van der Waals surface area contributed by atoms with Crippen molar-refractivity contribution in [1.82, 2.24) is 9.29 Å². The summed E-state index contributed by atoms with van der Waals surface area (Å²) in [6.07, 6.45) is -3.78. The quantitative estimate of drug-likeness (QED) is 0.393. The third-order valence-corrected chi connectivity index (χ3v) is 8.01. The lowest BCUT2D eigenvalue weighted by Gasteiger charge is -2.34. The molecule has 1 aromatic heterocycles. The number of nitrogens with two attached hydrogens (primary N) is 1. The van der Waals surface area contributed by atoms with E-state index in [0.717, 1.165) is 17.8 Å². The number of benzene rings is 2. The van der Waals surface area contributed by atoms with Crippen molar-refractivity contribution in [3.05, 3.63) is 89.0 Å². The second kappa shape index (κ2) is 10.6. The first kappa shape index (κ1) is 28.6. The first-order valence-corrected chi connectivity index (χ1v) is 13.1. The molecule has 0 aliphatic carbocycles. The summed E-state index contributed by atoms with van der Waals surface area (Å²) in [6.45, 7) is -2.17. The predicted molar refractivity (Wildman–Crippen MR) is 130 cm³/mol. The van der Waals surface area contributed by atoms with Gasteiger partial charge in [0.2, 0.25) is 0 Å². The molecular formula is C25H23F7N4O2S. The standard InChI is InChI=1S/C25H23F7N4O2S/c26-21-12-34-17(11-22(21)33)13-36-18(10-9-16-5-2-1-3-6-16)14-35(39(37,38)25(30,31)32)15-19-20(24(27,28)29)7-4-8-23(19)36/h1-8,11-12,18H,9-10,13-15H2,(H2,33,34)/t18-/m1/s1. The van der Waals surface area contributed by atoms with Crippen LogP contribution in [0.25, 0.3) is 0 Å². The molecule has 4 rings (SSSR count). The van der Waals surface area contributed by atoms with E-state index in [1.54, 1.807) is 30.3 Å². The van der Waals surface area contributed by atoms with E-state index in [1.165, 1.54) is 17.0 Å². The minimum Gasteiger partial charge on any atom is -0.396 e. The second-order valence-electron chi connectivity index (χ2n) is 9.05. The number of anilines is 2. The number of halogens is 7. The van der Waals surface area contributed by atoms with Crippen molar-refractivity contribution in [3.63, 3.8) is 0 Å². The van der Waals surface area contributed by atoms with Crippen LogP contribution in [-0.2, 0) is 35.7 Å². The lowest BCUT2D eigenvalue weighted by molar-refractivity contribution is -0.138. The summed E-state index contributed by atoms with van der Waals surface area (Å²) in [5.41, 5.74) is -1.44. The van der Waals surface area contributed by atoms with Crippen molar-refractivity contribution < 1.29 is 39.2 Å². The lowest BCUT2D eigenvalue weighted by atomic mass is 10.0. The van der Waals surface area contributed by atoms with Crippen molar-refractivity contribution in [2.24, 2.45) is 0 Å².